The van der Waals surface area contributed by atoms with Crippen LogP contribution in [0.15, 0.2) is 35.4 Å². The first-order valence-electron chi connectivity index (χ1n) is 7.55. The minimum absolute atomic E-state index is 0.113. The van der Waals surface area contributed by atoms with Gasteiger partial charge < -0.3 is 15.2 Å². The van der Waals surface area contributed by atoms with Crippen LogP contribution in [0.3, 0.4) is 0 Å². The van der Waals surface area contributed by atoms with Gasteiger partial charge in [-0.3, -0.25) is 5.43 Å². The third-order valence-electron chi connectivity index (χ3n) is 3.50. The minimum Gasteiger partial charge on any atom is -0.496 e. The first-order chi connectivity index (χ1) is 11.9. The molecule has 0 fully saturated rings. The highest BCUT2D eigenvalue weighted by molar-refractivity contribution is 7.80. The fourth-order valence-corrected chi connectivity index (χ4v) is 2.47. The summed E-state index contributed by atoms with van der Waals surface area (Å²) >= 11 is 10.9. The van der Waals surface area contributed by atoms with Crippen molar-refractivity contribution in [3.05, 3.63) is 57.6 Å². The van der Waals surface area contributed by atoms with Crippen LogP contribution in [-0.4, -0.2) is 18.4 Å². The van der Waals surface area contributed by atoms with E-state index < -0.39 is 0 Å². The molecule has 7 heteroatoms. The van der Waals surface area contributed by atoms with E-state index in [9.17, 15) is 0 Å². The van der Waals surface area contributed by atoms with Crippen molar-refractivity contribution < 1.29 is 9.47 Å². The lowest BCUT2D eigenvalue weighted by molar-refractivity contribution is 0.296. The Labute approximate surface area is 157 Å². The van der Waals surface area contributed by atoms with Crippen LogP contribution in [0.25, 0.3) is 0 Å². The molecule has 0 heterocycles. The van der Waals surface area contributed by atoms with E-state index in [4.69, 9.17) is 39.0 Å². The van der Waals surface area contributed by atoms with Gasteiger partial charge >= 0.3 is 0 Å². The molecule has 0 bridgehead atoms. The summed E-state index contributed by atoms with van der Waals surface area (Å²) in [6.45, 7) is 4.26. The van der Waals surface area contributed by atoms with E-state index >= 15 is 0 Å². The number of nitrogens with zero attached hydrogens (tertiary/aromatic N) is 1. The summed E-state index contributed by atoms with van der Waals surface area (Å²) in [6.07, 6.45) is 1.62. The molecule has 0 radical (unpaired) electrons. The standard InChI is InChI=1S/C18H20ClN3O2S/c1-11-6-15(7-12(2)17(11)19)24-10-14-8-13(4-5-16(14)23-3)9-21-22-18(20)25/h4-9H,10H2,1-3H3,(H3,20,22,25). The molecule has 0 aliphatic carbocycles. The number of hydrazone groups is 1. The van der Waals surface area contributed by atoms with Crippen LogP contribution in [0.4, 0.5) is 0 Å². The number of hydrogen-bond acceptors (Lipinski definition) is 4. The van der Waals surface area contributed by atoms with Crippen LogP contribution in [0.1, 0.15) is 22.3 Å². The number of rotatable bonds is 6. The average Bonchev–Trinajstić information content (AvgIpc) is 2.57. The summed E-state index contributed by atoms with van der Waals surface area (Å²) in [4.78, 5) is 0. The molecule has 0 aromatic heterocycles. The molecule has 2 rings (SSSR count). The van der Waals surface area contributed by atoms with Gasteiger partial charge in [0.15, 0.2) is 5.11 Å². The van der Waals surface area contributed by atoms with Crippen LogP contribution < -0.4 is 20.6 Å². The van der Waals surface area contributed by atoms with Gasteiger partial charge in [0.05, 0.1) is 13.3 Å². The average molecular weight is 378 g/mol. The summed E-state index contributed by atoms with van der Waals surface area (Å²) in [6, 6.07) is 9.50. The second-order valence-electron chi connectivity index (χ2n) is 5.47. The number of methoxy groups -OCH3 is 1. The number of nitrogens with two attached hydrogens (primary N) is 1. The first kappa shape index (κ1) is 19.0. The number of ether oxygens (including phenoxy) is 2. The van der Waals surface area contributed by atoms with Gasteiger partial charge in [0, 0.05) is 10.6 Å². The Hall–Kier alpha value is -2.31. The summed E-state index contributed by atoms with van der Waals surface area (Å²) < 4.78 is 11.3. The summed E-state index contributed by atoms with van der Waals surface area (Å²) in [5.74, 6) is 1.50. The number of nitrogens with one attached hydrogen (secondary N) is 1. The molecule has 5 nitrogen and oxygen atoms in total. The van der Waals surface area contributed by atoms with E-state index in [2.05, 4.69) is 10.5 Å². The highest BCUT2D eigenvalue weighted by Crippen LogP contribution is 2.27. The van der Waals surface area contributed by atoms with Crippen molar-refractivity contribution in [2.24, 2.45) is 10.8 Å². The molecule has 0 spiro atoms. The Morgan fingerprint density at radius 3 is 2.56 bits per heavy atom. The number of aryl methyl sites for hydroxylation is 2. The number of hydrogen-bond donors (Lipinski definition) is 2. The van der Waals surface area contributed by atoms with Crippen molar-refractivity contribution >= 4 is 35.1 Å². The second-order valence-corrected chi connectivity index (χ2v) is 6.28. The van der Waals surface area contributed by atoms with Gasteiger partial charge in [-0.2, -0.15) is 5.10 Å². The molecule has 2 aromatic carbocycles. The van der Waals surface area contributed by atoms with Crippen molar-refractivity contribution in [1.29, 1.82) is 0 Å². The van der Waals surface area contributed by atoms with Crippen molar-refractivity contribution in [1.82, 2.24) is 5.43 Å². The molecule has 25 heavy (non-hydrogen) atoms. The molecule has 0 amide bonds. The quantitative estimate of drug-likeness (QED) is 0.456. The zero-order valence-electron chi connectivity index (χ0n) is 14.3. The van der Waals surface area contributed by atoms with Gasteiger partial charge in [-0.15, -0.1) is 0 Å². The molecule has 0 saturated heterocycles. The van der Waals surface area contributed by atoms with Crippen LogP contribution >= 0.6 is 23.8 Å². The van der Waals surface area contributed by atoms with Gasteiger partial charge in [0.25, 0.3) is 0 Å². The molecule has 0 aliphatic heterocycles. The third-order valence-corrected chi connectivity index (χ3v) is 4.18. The lowest BCUT2D eigenvalue weighted by Crippen LogP contribution is -2.24. The van der Waals surface area contributed by atoms with E-state index in [1.54, 1.807) is 13.3 Å². The van der Waals surface area contributed by atoms with Crippen LogP contribution in [0, 0.1) is 13.8 Å². The Balaban J connectivity index is 2.17. The lowest BCUT2D eigenvalue weighted by Gasteiger charge is -2.13. The summed E-state index contributed by atoms with van der Waals surface area (Å²) in [5, 5.41) is 4.82. The lowest BCUT2D eigenvalue weighted by atomic mass is 10.1. The maximum Gasteiger partial charge on any atom is 0.184 e. The normalized spacial score (nSPS) is 10.7. The maximum atomic E-state index is 6.19. The van der Waals surface area contributed by atoms with Crippen molar-refractivity contribution in [3.63, 3.8) is 0 Å². The number of halogens is 1. The smallest absolute Gasteiger partial charge is 0.184 e. The molecule has 3 N–H and O–H groups in total. The molecule has 0 saturated carbocycles. The fourth-order valence-electron chi connectivity index (χ4n) is 2.31. The van der Waals surface area contributed by atoms with E-state index in [0.29, 0.717) is 6.61 Å². The molecule has 0 unspecified atom stereocenters. The minimum atomic E-state index is 0.113. The van der Waals surface area contributed by atoms with E-state index in [0.717, 1.165) is 38.8 Å². The predicted molar refractivity (Wildman–Crippen MR) is 106 cm³/mol. The van der Waals surface area contributed by atoms with E-state index in [-0.39, 0.29) is 5.11 Å². The zero-order chi connectivity index (χ0) is 18.4. The molecule has 132 valence electrons. The van der Waals surface area contributed by atoms with Crippen LogP contribution in [-0.2, 0) is 6.61 Å². The topological polar surface area (TPSA) is 68.9 Å². The number of benzene rings is 2. The van der Waals surface area contributed by atoms with Crippen molar-refractivity contribution in [2.75, 3.05) is 7.11 Å². The van der Waals surface area contributed by atoms with E-state index in [1.165, 1.54) is 0 Å². The molecule has 2 aromatic rings. The Bertz CT molecular complexity index is 786. The van der Waals surface area contributed by atoms with Crippen molar-refractivity contribution in [3.8, 4) is 11.5 Å². The highest BCUT2D eigenvalue weighted by atomic mass is 35.5. The van der Waals surface area contributed by atoms with Crippen molar-refractivity contribution in [2.45, 2.75) is 20.5 Å². The predicted octanol–water partition coefficient (Wildman–Crippen LogP) is 3.71. The third kappa shape index (κ3) is 5.34. The second kappa shape index (κ2) is 8.69. The Morgan fingerprint density at radius 1 is 1.28 bits per heavy atom. The molecule has 0 aliphatic rings. The number of thiocarbonyl (C=S) groups is 1. The first-order valence-corrected chi connectivity index (χ1v) is 8.34. The van der Waals surface area contributed by atoms with E-state index in [1.807, 2.05) is 44.2 Å². The zero-order valence-corrected chi connectivity index (χ0v) is 15.9. The highest BCUT2D eigenvalue weighted by Gasteiger charge is 2.07. The van der Waals surface area contributed by atoms with Gasteiger partial charge in [0.1, 0.15) is 18.1 Å². The van der Waals surface area contributed by atoms with Crippen LogP contribution in [0.5, 0.6) is 11.5 Å². The van der Waals surface area contributed by atoms with Gasteiger partial charge in [-0.05, 0) is 73.1 Å². The van der Waals surface area contributed by atoms with Gasteiger partial charge in [0.2, 0.25) is 0 Å². The maximum absolute atomic E-state index is 6.19. The summed E-state index contributed by atoms with van der Waals surface area (Å²) in [5.41, 5.74) is 11.6. The fraction of sp³-hybridized carbons (Fsp3) is 0.222. The monoisotopic (exact) mass is 377 g/mol. The molecular formula is C18H20ClN3O2S. The van der Waals surface area contributed by atoms with Gasteiger partial charge in [-0.1, -0.05) is 11.6 Å². The Morgan fingerprint density at radius 2 is 1.96 bits per heavy atom. The molecular weight excluding hydrogens is 358 g/mol. The SMILES string of the molecule is COc1ccc(C=NNC(N)=S)cc1COc1cc(C)c(Cl)c(C)c1. The largest absolute Gasteiger partial charge is 0.496 e. The van der Waals surface area contributed by atoms with Gasteiger partial charge in [-0.25, -0.2) is 0 Å². The molecule has 0 atom stereocenters. The Kier molecular flexibility index (Phi) is 6.61. The summed E-state index contributed by atoms with van der Waals surface area (Å²) in [7, 11) is 1.62. The van der Waals surface area contributed by atoms with Crippen LogP contribution in [0.2, 0.25) is 5.02 Å².